The average Bonchev–Trinajstić information content (AvgIpc) is 2.65. The molecule has 0 bridgehead atoms. The molecule has 0 aliphatic heterocycles. The van der Waals surface area contributed by atoms with E-state index < -0.39 is 17.7 Å². The molecular weight excluding hydrogens is 352 g/mol. The first-order valence-electron chi connectivity index (χ1n) is 11.5. The van der Waals surface area contributed by atoms with Gasteiger partial charge in [0, 0.05) is 0 Å². The van der Waals surface area contributed by atoms with Crippen molar-refractivity contribution in [3.63, 3.8) is 0 Å². The fourth-order valence-corrected chi connectivity index (χ4v) is 3.75. The molecule has 28 heavy (non-hydrogen) atoms. The third-order valence-electron chi connectivity index (χ3n) is 6.03. The van der Waals surface area contributed by atoms with Crippen molar-refractivity contribution < 1.29 is 20.1 Å². The van der Waals surface area contributed by atoms with Crippen LogP contribution >= 0.6 is 0 Å². The lowest BCUT2D eigenvalue weighted by Crippen LogP contribution is -2.49. The van der Waals surface area contributed by atoms with Gasteiger partial charge in [-0.1, -0.05) is 71.4 Å². The van der Waals surface area contributed by atoms with Gasteiger partial charge >= 0.3 is 5.97 Å². The molecule has 0 heterocycles. The van der Waals surface area contributed by atoms with Gasteiger partial charge in [-0.05, 0) is 63.7 Å². The molecule has 0 saturated carbocycles. The molecule has 0 aromatic rings. The van der Waals surface area contributed by atoms with Gasteiger partial charge in [-0.3, -0.25) is 0 Å². The molecule has 0 rings (SSSR count). The van der Waals surface area contributed by atoms with Gasteiger partial charge in [-0.25, -0.2) is 4.79 Å². The summed E-state index contributed by atoms with van der Waals surface area (Å²) in [6.07, 6.45) is 12.8. The molecule has 0 amide bonds. The highest BCUT2D eigenvalue weighted by Gasteiger charge is 2.41. The van der Waals surface area contributed by atoms with Crippen LogP contribution in [0.1, 0.15) is 112 Å². The smallest absolute Gasteiger partial charge is 0.338 e. The van der Waals surface area contributed by atoms with Gasteiger partial charge in [0.15, 0.2) is 5.60 Å². The van der Waals surface area contributed by atoms with Crippen LogP contribution in [0.2, 0.25) is 0 Å². The summed E-state index contributed by atoms with van der Waals surface area (Å²) in [5.74, 6) is -0.0678. The number of hydrogen-bond donors (Lipinski definition) is 3. The van der Waals surface area contributed by atoms with E-state index in [0.717, 1.165) is 18.8 Å². The van der Waals surface area contributed by atoms with Crippen LogP contribution in [0.3, 0.4) is 0 Å². The van der Waals surface area contributed by atoms with E-state index >= 15 is 0 Å². The van der Waals surface area contributed by atoms with E-state index in [1.165, 1.54) is 50.5 Å². The Hall–Kier alpha value is -0.870. The first-order chi connectivity index (χ1) is 13.2. The number of carbonyl (C=O) groups is 1. The molecule has 3 N–H and O–H groups in total. The van der Waals surface area contributed by atoms with Crippen LogP contribution < -0.4 is 0 Å². The van der Waals surface area contributed by atoms with E-state index in [2.05, 4.69) is 33.8 Å². The Kier molecular flexibility index (Phi) is 14.6. The van der Waals surface area contributed by atoms with Crippen molar-refractivity contribution in [3.8, 4) is 0 Å². The minimum Gasteiger partial charge on any atom is -0.479 e. The molecule has 4 nitrogen and oxygen atoms in total. The number of allylic oxidation sites excluding steroid dienone is 2. The zero-order valence-electron chi connectivity index (χ0n) is 19.0. The minimum atomic E-state index is -2.01. The molecule has 0 fully saturated rings. The second-order valence-electron chi connectivity index (χ2n) is 8.92. The Morgan fingerprint density at radius 2 is 1.57 bits per heavy atom. The van der Waals surface area contributed by atoms with Crippen LogP contribution in [0.4, 0.5) is 0 Å². The molecule has 166 valence electrons. The van der Waals surface area contributed by atoms with Gasteiger partial charge in [0.2, 0.25) is 0 Å². The predicted molar refractivity (Wildman–Crippen MR) is 117 cm³/mol. The van der Waals surface area contributed by atoms with E-state index in [9.17, 15) is 20.1 Å². The predicted octanol–water partition coefficient (Wildman–Crippen LogP) is 6.10. The van der Waals surface area contributed by atoms with Crippen LogP contribution in [0, 0.1) is 11.8 Å². The zero-order chi connectivity index (χ0) is 21.6. The summed E-state index contributed by atoms with van der Waals surface area (Å²) in [5.41, 5.74) is -0.483. The summed E-state index contributed by atoms with van der Waals surface area (Å²) in [6, 6.07) is 0. The largest absolute Gasteiger partial charge is 0.479 e. The highest BCUT2D eigenvalue weighted by atomic mass is 16.4. The fraction of sp³-hybridized carbons (Fsp3) is 0.875. The number of unbranched alkanes of at least 4 members (excludes halogenated alkanes) is 1. The Balaban J connectivity index is 4.00. The zero-order valence-corrected chi connectivity index (χ0v) is 19.0. The molecule has 0 aliphatic rings. The maximum Gasteiger partial charge on any atom is 0.338 e. The lowest BCUT2D eigenvalue weighted by atomic mass is 9.86. The second-order valence-corrected chi connectivity index (χ2v) is 8.92. The minimum absolute atomic E-state index is 0.113. The first-order valence-corrected chi connectivity index (χ1v) is 11.5. The molecule has 0 saturated heterocycles. The van der Waals surface area contributed by atoms with Crippen LogP contribution in [0.5, 0.6) is 0 Å². The third-order valence-corrected chi connectivity index (χ3v) is 6.03. The quantitative estimate of drug-likeness (QED) is 0.259. The molecule has 4 unspecified atom stereocenters. The van der Waals surface area contributed by atoms with E-state index in [1.54, 1.807) is 6.92 Å². The van der Waals surface area contributed by atoms with Gasteiger partial charge in [-0.15, -0.1) is 0 Å². The third kappa shape index (κ3) is 11.2. The number of rotatable bonds is 17. The first kappa shape index (κ1) is 27.1. The van der Waals surface area contributed by atoms with Crippen molar-refractivity contribution in [1.82, 2.24) is 0 Å². The van der Waals surface area contributed by atoms with Gasteiger partial charge < -0.3 is 15.3 Å². The SMILES string of the molecule is CCCCC(C)=CCCC(C)CCCC(C)CCCC(O)(C(=O)O)C(O)CC. The van der Waals surface area contributed by atoms with Crippen molar-refractivity contribution in [2.45, 2.75) is 123 Å². The number of hydrogen-bond acceptors (Lipinski definition) is 3. The highest BCUT2D eigenvalue weighted by molar-refractivity contribution is 5.77. The molecule has 0 aromatic carbocycles. The molecule has 4 atom stereocenters. The van der Waals surface area contributed by atoms with Gasteiger partial charge in [-0.2, -0.15) is 0 Å². The summed E-state index contributed by atoms with van der Waals surface area (Å²) < 4.78 is 0. The molecule has 0 aromatic heterocycles. The molecule has 0 spiro atoms. The van der Waals surface area contributed by atoms with E-state index in [-0.39, 0.29) is 12.8 Å². The maximum atomic E-state index is 11.3. The van der Waals surface area contributed by atoms with E-state index in [4.69, 9.17) is 0 Å². The van der Waals surface area contributed by atoms with Crippen molar-refractivity contribution in [1.29, 1.82) is 0 Å². The maximum absolute atomic E-state index is 11.3. The molecule has 0 radical (unpaired) electrons. The Morgan fingerprint density at radius 3 is 2.11 bits per heavy atom. The number of aliphatic hydroxyl groups excluding tert-OH is 1. The molecule has 0 aliphatic carbocycles. The molecule has 4 heteroatoms. The van der Waals surface area contributed by atoms with Gasteiger partial charge in [0.25, 0.3) is 0 Å². The van der Waals surface area contributed by atoms with Gasteiger partial charge in [0.05, 0.1) is 6.10 Å². The van der Waals surface area contributed by atoms with E-state index in [0.29, 0.717) is 12.3 Å². The number of carboxylic acid groups (broad SMARTS) is 1. The van der Waals surface area contributed by atoms with Crippen molar-refractivity contribution >= 4 is 5.97 Å². The second kappa shape index (κ2) is 15.0. The van der Waals surface area contributed by atoms with Crippen LogP contribution in [-0.2, 0) is 4.79 Å². The Bertz CT molecular complexity index is 446. The van der Waals surface area contributed by atoms with Crippen molar-refractivity contribution in [3.05, 3.63) is 11.6 Å². The van der Waals surface area contributed by atoms with Crippen LogP contribution in [-0.4, -0.2) is 33.0 Å². The fourth-order valence-electron chi connectivity index (χ4n) is 3.75. The van der Waals surface area contributed by atoms with Crippen molar-refractivity contribution in [2.24, 2.45) is 11.8 Å². The topological polar surface area (TPSA) is 77.8 Å². The number of aliphatic carboxylic acids is 1. The summed E-state index contributed by atoms with van der Waals surface area (Å²) in [6.45, 7) is 10.7. The lowest BCUT2D eigenvalue weighted by Gasteiger charge is -2.28. The summed E-state index contributed by atoms with van der Waals surface area (Å²) in [7, 11) is 0. The molecular formula is C24H46O4. The Labute approximate surface area is 173 Å². The number of carboxylic acids is 1. The highest BCUT2D eigenvalue weighted by Crippen LogP contribution is 2.25. The van der Waals surface area contributed by atoms with Crippen LogP contribution in [0.25, 0.3) is 0 Å². The van der Waals surface area contributed by atoms with E-state index in [1.807, 2.05) is 0 Å². The van der Waals surface area contributed by atoms with Crippen LogP contribution in [0.15, 0.2) is 11.6 Å². The summed E-state index contributed by atoms with van der Waals surface area (Å²) >= 11 is 0. The lowest BCUT2D eigenvalue weighted by molar-refractivity contribution is -0.173. The summed E-state index contributed by atoms with van der Waals surface area (Å²) in [5, 5.41) is 29.3. The van der Waals surface area contributed by atoms with Gasteiger partial charge in [0.1, 0.15) is 0 Å². The standard InChI is InChI=1S/C24H46O4/c1-6-8-12-19(3)13-9-14-20(4)15-10-16-21(5)17-11-18-24(28,23(26)27)22(25)7-2/h13,20-22,25,28H,6-12,14-18H2,1-5H3,(H,26,27). The summed E-state index contributed by atoms with van der Waals surface area (Å²) in [4.78, 5) is 11.3. The Morgan fingerprint density at radius 1 is 1.00 bits per heavy atom. The monoisotopic (exact) mass is 398 g/mol. The normalized spacial score (nSPS) is 17.8. The average molecular weight is 399 g/mol. The van der Waals surface area contributed by atoms with Crippen molar-refractivity contribution in [2.75, 3.05) is 0 Å². The number of aliphatic hydroxyl groups is 2.